The maximum Gasteiger partial charge on any atom is 0.333 e. The highest BCUT2D eigenvalue weighted by atomic mass is 16.5. The molecule has 0 aromatic rings. The first kappa shape index (κ1) is 20.6. The molecule has 0 radical (unpaired) electrons. The van der Waals surface area contributed by atoms with Crippen LogP contribution in [0.4, 0.5) is 0 Å². The Hall–Kier alpha value is -1.36. The van der Waals surface area contributed by atoms with E-state index < -0.39 is 5.97 Å². The molecule has 0 bridgehead atoms. The van der Waals surface area contributed by atoms with E-state index in [4.69, 9.17) is 4.74 Å². The van der Waals surface area contributed by atoms with Gasteiger partial charge in [-0.25, -0.2) is 4.79 Å². The standard InChI is InChI=1S/C17H31NO4/c1-15(2)17(21)22-14-9-7-5-6-8-12-18(3,4)13-10-11-16(19)20/h1,5-14H2,2-4H3. The fraction of sp³-hybridized carbons (Fsp3) is 0.765. The summed E-state index contributed by atoms with van der Waals surface area (Å²) >= 11 is 0. The van der Waals surface area contributed by atoms with Crippen molar-refractivity contribution in [1.29, 1.82) is 0 Å². The van der Waals surface area contributed by atoms with Gasteiger partial charge in [0.25, 0.3) is 0 Å². The highest BCUT2D eigenvalue weighted by Crippen LogP contribution is 2.09. The molecule has 5 nitrogen and oxygen atoms in total. The van der Waals surface area contributed by atoms with E-state index in [0.29, 0.717) is 18.6 Å². The molecule has 128 valence electrons. The predicted octanol–water partition coefficient (Wildman–Crippen LogP) is 1.66. The molecule has 0 saturated heterocycles. The van der Waals surface area contributed by atoms with E-state index in [1.807, 2.05) is 0 Å². The number of quaternary nitrogens is 1. The van der Waals surface area contributed by atoms with Crippen molar-refractivity contribution in [3.63, 3.8) is 0 Å². The molecule has 0 aliphatic rings. The van der Waals surface area contributed by atoms with Crippen LogP contribution in [0, 0.1) is 0 Å². The van der Waals surface area contributed by atoms with Crippen molar-refractivity contribution in [2.24, 2.45) is 0 Å². The largest absolute Gasteiger partial charge is 0.550 e. The van der Waals surface area contributed by atoms with E-state index >= 15 is 0 Å². The fourth-order valence-electron chi connectivity index (χ4n) is 2.22. The number of esters is 1. The van der Waals surface area contributed by atoms with Gasteiger partial charge < -0.3 is 19.1 Å². The lowest BCUT2D eigenvalue weighted by molar-refractivity contribution is -0.890. The summed E-state index contributed by atoms with van der Waals surface area (Å²) in [7, 11) is 4.26. The predicted molar refractivity (Wildman–Crippen MR) is 84.9 cm³/mol. The lowest BCUT2D eigenvalue weighted by Gasteiger charge is -2.30. The third kappa shape index (κ3) is 12.4. The summed E-state index contributed by atoms with van der Waals surface area (Å²) in [5.74, 6) is -1.28. The van der Waals surface area contributed by atoms with Crippen LogP contribution in [0.5, 0.6) is 0 Å². The number of nitrogens with zero attached hydrogens (tertiary/aromatic N) is 1. The summed E-state index contributed by atoms with van der Waals surface area (Å²) in [5.41, 5.74) is 0.443. The van der Waals surface area contributed by atoms with Crippen molar-refractivity contribution in [2.45, 2.75) is 51.9 Å². The first-order chi connectivity index (χ1) is 10.2. The number of unbranched alkanes of at least 4 members (excludes halogenated alkanes) is 4. The van der Waals surface area contributed by atoms with Crippen LogP contribution in [0.3, 0.4) is 0 Å². The van der Waals surface area contributed by atoms with Crippen LogP contribution < -0.4 is 5.11 Å². The first-order valence-corrected chi connectivity index (χ1v) is 8.09. The van der Waals surface area contributed by atoms with Crippen LogP contribution in [-0.4, -0.2) is 50.2 Å². The van der Waals surface area contributed by atoms with Gasteiger partial charge in [0.1, 0.15) is 0 Å². The van der Waals surface area contributed by atoms with E-state index in [9.17, 15) is 14.7 Å². The molecule has 0 heterocycles. The first-order valence-electron chi connectivity index (χ1n) is 8.09. The second kappa shape index (κ2) is 11.2. The lowest BCUT2D eigenvalue weighted by Crippen LogP contribution is -2.41. The SMILES string of the molecule is C=C(C)C(=O)OCCCCCCC[N+](C)(C)CCCC(=O)[O-]. The number of carboxylic acid groups (broad SMARTS) is 1. The van der Waals surface area contributed by atoms with Crippen molar-refractivity contribution < 1.29 is 23.9 Å². The monoisotopic (exact) mass is 313 g/mol. The smallest absolute Gasteiger partial charge is 0.333 e. The van der Waals surface area contributed by atoms with Gasteiger partial charge in [0.05, 0.1) is 33.8 Å². The Morgan fingerprint density at radius 1 is 1.00 bits per heavy atom. The molecular formula is C17H31NO4. The Kier molecular flexibility index (Phi) is 10.5. The van der Waals surface area contributed by atoms with Gasteiger partial charge in [0.15, 0.2) is 0 Å². The highest BCUT2D eigenvalue weighted by molar-refractivity contribution is 5.86. The van der Waals surface area contributed by atoms with Crippen molar-refractivity contribution >= 4 is 11.9 Å². The van der Waals surface area contributed by atoms with Crippen LogP contribution in [0.15, 0.2) is 12.2 Å². The number of ether oxygens (including phenoxy) is 1. The van der Waals surface area contributed by atoms with Crippen molar-refractivity contribution in [2.75, 3.05) is 33.8 Å². The van der Waals surface area contributed by atoms with Gasteiger partial charge in [-0.3, -0.25) is 0 Å². The minimum Gasteiger partial charge on any atom is -0.550 e. The van der Waals surface area contributed by atoms with E-state index in [1.54, 1.807) is 6.92 Å². The normalized spacial score (nSPS) is 11.2. The van der Waals surface area contributed by atoms with E-state index in [-0.39, 0.29) is 12.4 Å². The molecule has 0 amide bonds. The summed E-state index contributed by atoms with van der Waals surface area (Å²) in [6, 6.07) is 0. The number of carbonyl (C=O) groups excluding carboxylic acids is 2. The van der Waals surface area contributed by atoms with Crippen LogP contribution in [0.2, 0.25) is 0 Å². The fourth-order valence-corrected chi connectivity index (χ4v) is 2.22. The van der Waals surface area contributed by atoms with Gasteiger partial charge in [-0.1, -0.05) is 19.4 Å². The Morgan fingerprint density at radius 3 is 2.14 bits per heavy atom. The quantitative estimate of drug-likeness (QED) is 0.224. The van der Waals surface area contributed by atoms with Gasteiger partial charge >= 0.3 is 5.97 Å². The molecule has 0 fully saturated rings. The lowest BCUT2D eigenvalue weighted by atomic mass is 10.1. The Balaban J connectivity index is 3.50. The van der Waals surface area contributed by atoms with Gasteiger partial charge in [-0.15, -0.1) is 0 Å². The molecule has 0 N–H and O–H groups in total. The Morgan fingerprint density at radius 2 is 1.55 bits per heavy atom. The molecule has 0 aliphatic heterocycles. The third-order valence-electron chi connectivity index (χ3n) is 3.63. The van der Waals surface area contributed by atoms with Crippen molar-refractivity contribution in [3.05, 3.63) is 12.2 Å². The molecule has 5 heteroatoms. The number of carboxylic acids is 1. The number of hydrogen-bond donors (Lipinski definition) is 0. The summed E-state index contributed by atoms with van der Waals surface area (Å²) in [4.78, 5) is 21.5. The highest BCUT2D eigenvalue weighted by Gasteiger charge is 2.13. The minimum atomic E-state index is -0.965. The Bertz CT molecular complexity index is 364. The molecule has 0 unspecified atom stereocenters. The maximum atomic E-state index is 11.2. The zero-order valence-corrected chi connectivity index (χ0v) is 14.4. The summed E-state index contributed by atoms with van der Waals surface area (Å²) in [6.45, 7) is 7.57. The maximum absolute atomic E-state index is 11.2. The van der Waals surface area contributed by atoms with E-state index in [2.05, 4.69) is 20.7 Å². The minimum absolute atomic E-state index is 0.143. The molecule has 0 aromatic carbocycles. The third-order valence-corrected chi connectivity index (χ3v) is 3.63. The van der Waals surface area contributed by atoms with Gasteiger partial charge in [-0.2, -0.15) is 0 Å². The Labute approximate surface area is 134 Å². The second-order valence-electron chi connectivity index (χ2n) is 6.54. The molecular weight excluding hydrogens is 282 g/mol. The molecule has 22 heavy (non-hydrogen) atoms. The second-order valence-corrected chi connectivity index (χ2v) is 6.54. The van der Waals surface area contributed by atoms with E-state index in [0.717, 1.165) is 49.7 Å². The zero-order valence-electron chi connectivity index (χ0n) is 14.4. The molecule has 0 aromatic heterocycles. The van der Waals surface area contributed by atoms with Crippen LogP contribution in [-0.2, 0) is 14.3 Å². The molecule has 0 rings (SSSR count). The average Bonchev–Trinajstić information content (AvgIpc) is 2.40. The number of rotatable bonds is 13. The molecule has 0 saturated carbocycles. The van der Waals surface area contributed by atoms with Crippen LogP contribution in [0.1, 0.15) is 51.9 Å². The van der Waals surface area contributed by atoms with Gasteiger partial charge in [0.2, 0.25) is 0 Å². The van der Waals surface area contributed by atoms with Crippen LogP contribution in [0.25, 0.3) is 0 Å². The molecule has 0 aliphatic carbocycles. The summed E-state index contributed by atoms with van der Waals surface area (Å²) in [6.07, 6.45) is 6.17. The van der Waals surface area contributed by atoms with Crippen molar-refractivity contribution in [1.82, 2.24) is 0 Å². The van der Waals surface area contributed by atoms with Gasteiger partial charge in [-0.05, 0) is 32.6 Å². The zero-order chi connectivity index (χ0) is 17.0. The van der Waals surface area contributed by atoms with Crippen LogP contribution >= 0.6 is 0 Å². The molecule has 0 atom stereocenters. The van der Waals surface area contributed by atoms with Crippen molar-refractivity contribution in [3.8, 4) is 0 Å². The molecule has 0 spiro atoms. The number of carbonyl (C=O) groups is 2. The number of hydrogen-bond acceptors (Lipinski definition) is 4. The van der Waals surface area contributed by atoms with E-state index in [1.165, 1.54) is 0 Å². The average molecular weight is 313 g/mol. The summed E-state index contributed by atoms with van der Waals surface area (Å²) < 4.78 is 5.88. The number of aliphatic carboxylic acids is 1. The topological polar surface area (TPSA) is 66.4 Å². The summed E-state index contributed by atoms with van der Waals surface area (Å²) in [5, 5.41) is 10.4. The van der Waals surface area contributed by atoms with Gasteiger partial charge in [0, 0.05) is 18.0 Å².